The van der Waals surface area contributed by atoms with Crippen LogP contribution in [0, 0.1) is 6.92 Å². The Kier molecular flexibility index (Phi) is 4.29. The number of rotatable bonds is 4. The van der Waals surface area contributed by atoms with Gasteiger partial charge in [0, 0.05) is 11.9 Å². The first-order valence-corrected chi connectivity index (χ1v) is 8.05. The van der Waals surface area contributed by atoms with Crippen LogP contribution in [0.4, 0.5) is 0 Å². The van der Waals surface area contributed by atoms with E-state index in [0.29, 0.717) is 11.7 Å². The Balaban J connectivity index is 1.76. The van der Waals surface area contributed by atoms with E-state index in [-0.39, 0.29) is 17.8 Å². The van der Waals surface area contributed by atoms with Crippen LogP contribution < -0.4 is 5.32 Å². The second kappa shape index (κ2) is 6.39. The molecule has 0 spiro atoms. The maximum atomic E-state index is 12.4. The van der Waals surface area contributed by atoms with Gasteiger partial charge in [-0.1, -0.05) is 38.1 Å². The second-order valence-corrected chi connectivity index (χ2v) is 6.25. The fraction of sp³-hybridized carbons (Fsp3) is 0.333. The van der Waals surface area contributed by atoms with Crippen molar-refractivity contribution < 1.29 is 4.79 Å². The summed E-state index contributed by atoms with van der Waals surface area (Å²) in [6, 6.07) is 9.98. The molecule has 2 heterocycles. The van der Waals surface area contributed by atoms with Crippen LogP contribution in [0.5, 0.6) is 0 Å². The number of nitrogens with one attached hydrogen (secondary N) is 1. The molecule has 1 aromatic carbocycles. The SMILES string of the molecule is Cc1ccnc2nc(C(=O)NC(C)c3ccc(C(C)C)cc3)nn12. The van der Waals surface area contributed by atoms with Gasteiger partial charge in [0.2, 0.25) is 5.82 Å². The summed E-state index contributed by atoms with van der Waals surface area (Å²) in [7, 11) is 0. The van der Waals surface area contributed by atoms with Crippen molar-refractivity contribution in [1.29, 1.82) is 0 Å². The molecule has 1 N–H and O–H groups in total. The number of fused-ring (bicyclic) bond motifs is 1. The highest BCUT2D eigenvalue weighted by molar-refractivity contribution is 5.91. The third-order valence-corrected chi connectivity index (χ3v) is 4.08. The largest absolute Gasteiger partial charge is 0.343 e. The number of aryl methyl sites for hydroxylation is 1. The first-order chi connectivity index (χ1) is 11.5. The van der Waals surface area contributed by atoms with E-state index < -0.39 is 0 Å². The lowest BCUT2D eigenvalue weighted by Crippen LogP contribution is -2.27. The Hall–Kier alpha value is -2.76. The van der Waals surface area contributed by atoms with Gasteiger partial charge in [-0.3, -0.25) is 4.79 Å². The quantitative estimate of drug-likeness (QED) is 0.801. The van der Waals surface area contributed by atoms with Gasteiger partial charge in [0.1, 0.15) is 0 Å². The molecule has 3 aromatic rings. The predicted octanol–water partition coefficient (Wildman–Crippen LogP) is 3.05. The van der Waals surface area contributed by atoms with Crippen molar-refractivity contribution in [2.75, 3.05) is 0 Å². The van der Waals surface area contributed by atoms with Gasteiger partial charge < -0.3 is 5.32 Å². The Morgan fingerprint density at radius 1 is 1.08 bits per heavy atom. The number of hydrogen-bond donors (Lipinski definition) is 1. The van der Waals surface area contributed by atoms with Crippen molar-refractivity contribution in [1.82, 2.24) is 24.9 Å². The van der Waals surface area contributed by atoms with Crippen LogP contribution in [-0.2, 0) is 0 Å². The summed E-state index contributed by atoms with van der Waals surface area (Å²) in [5, 5.41) is 7.16. The van der Waals surface area contributed by atoms with Gasteiger partial charge in [0.15, 0.2) is 0 Å². The number of nitrogens with zero attached hydrogens (tertiary/aromatic N) is 4. The molecular weight excluding hydrogens is 302 g/mol. The fourth-order valence-electron chi connectivity index (χ4n) is 2.52. The van der Waals surface area contributed by atoms with E-state index in [9.17, 15) is 4.79 Å². The Morgan fingerprint density at radius 3 is 2.38 bits per heavy atom. The molecule has 2 aromatic heterocycles. The lowest BCUT2D eigenvalue weighted by molar-refractivity contribution is 0.0929. The summed E-state index contributed by atoms with van der Waals surface area (Å²) in [6.45, 7) is 8.15. The molecule has 124 valence electrons. The lowest BCUT2D eigenvalue weighted by Gasteiger charge is -2.14. The summed E-state index contributed by atoms with van der Waals surface area (Å²) >= 11 is 0. The van der Waals surface area contributed by atoms with Gasteiger partial charge in [-0.15, -0.1) is 5.10 Å². The average Bonchev–Trinajstić information content (AvgIpc) is 3.00. The molecule has 0 bridgehead atoms. The van der Waals surface area contributed by atoms with Crippen LogP contribution in [0.15, 0.2) is 36.5 Å². The Bertz CT molecular complexity index is 867. The third kappa shape index (κ3) is 3.13. The third-order valence-electron chi connectivity index (χ3n) is 4.08. The minimum absolute atomic E-state index is 0.126. The van der Waals surface area contributed by atoms with Crippen molar-refractivity contribution in [2.45, 2.75) is 39.7 Å². The van der Waals surface area contributed by atoms with E-state index in [1.807, 2.05) is 32.0 Å². The maximum Gasteiger partial charge on any atom is 0.291 e. The van der Waals surface area contributed by atoms with E-state index in [2.05, 4.69) is 46.4 Å². The number of hydrogen-bond acceptors (Lipinski definition) is 4. The second-order valence-electron chi connectivity index (χ2n) is 6.25. The fourth-order valence-corrected chi connectivity index (χ4v) is 2.52. The summed E-state index contributed by atoms with van der Waals surface area (Å²) in [5.74, 6) is 0.735. The van der Waals surface area contributed by atoms with Crippen molar-refractivity contribution in [3.8, 4) is 0 Å². The van der Waals surface area contributed by atoms with Gasteiger partial charge in [-0.25, -0.2) is 9.50 Å². The molecule has 0 radical (unpaired) electrons. The van der Waals surface area contributed by atoms with E-state index in [1.54, 1.807) is 10.7 Å². The molecular formula is C18H21N5O. The minimum atomic E-state index is -0.305. The van der Waals surface area contributed by atoms with E-state index in [1.165, 1.54) is 5.56 Å². The van der Waals surface area contributed by atoms with Crippen LogP contribution in [0.3, 0.4) is 0 Å². The summed E-state index contributed by atoms with van der Waals surface area (Å²) in [5.41, 5.74) is 3.20. The molecule has 24 heavy (non-hydrogen) atoms. The number of amides is 1. The normalized spacial score (nSPS) is 12.5. The Morgan fingerprint density at radius 2 is 1.75 bits per heavy atom. The first kappa shape index (κ1) is 16.1. The molecule has 1 unspecified atom stereocenters. The van der Waals surface area contributed by atoms with Crippen LogP contribution >= 0.6 is 0 Å². The molecule has 6 heteroatoms. The van der Waals surface area contributed by atoms with E-state index in [4.69, 9.17) is 0 Å². The molecule has 0 aliphatic heterocycles. The molecule has 0 saturated carbocycles. The van der Waals surface area contributed by atoms with Crippen molar-refractivity contribution in [3.63, 3.8) is 0 Å². The molecule has 6 nitrogen and oxygen atoms in total. The van der Waals surface area contributed by atoms with E-state index in [0.717, 1.165) is 11.3 Å². The maximum absolute atomic E-state index is 12.4. The zero-order chi connectivity index (χ0) is 17.3. The predicted molar refractivity (Wildman–Crippen MR) is 91.9 cm³/mol. The van der Waals surface area contributed by atoms with E-state index >= 15 is 0 Å². The van der Waals surface area contributed by atoms with Gasteiger partial charge in [-0.05, 0) is 37.0 Å². The zero-order valence-corrected chi connectivity index (χ0v) is 14.3. The highest BCUT2D eigenvalue weighted by Crippen LogP contribution is 2.18. The highest BCUT2D eigenvalue weighted by Gasteiger charge is 2.17. The molecule has 0 aliphatic carbocycles. The zero-order valence-electron chi connectivity index (χ0n) is 14.3. The number of carbonyl (C=O) groups is 1. The van der Waals surface area contributed by atoms with Crippen molar-refractivity contribution in [3.05, 3.63) is 59.2 Å². The number of benzene rings is 1. The van der Waals surface area contributed by atoms with Crippen molar-refractivity contribution in [2.24, 2.45) is 0 Å². The highest BCUT2D eigenvalue weighted by atomic mass is 16.2. The molecule has 1 atom stereocenters. The standard InChI is InChI=1S/C18H21N5O/c1-11(2)14-5-7-15(8-6-14)13(4)20-17(24)16-21-18-19-10-9-12(3)23(18)22-16/h5-11,13H,1-4H3,(H,20,24). The monoisotopic (exact) mass is 323 g/mol. The van der Waals surface area contributed by atoms with Gasteiger partial charge in [0.25, 0.3) is 11.7 Å². The van der Waals surface area contributed by atoms with Crippen molar-refractivity contribution >= 4 is 11.7 Å². The Labute approximate surface area is 141 Å². The minimum Gasteiger partial charge on any atom is -0.343 e. The van der Waals surface area contributed by atoms with Crippen LogP contribution in [0.2, 0.25) is 0 Å². The molecule has 0 aliphatic rings. The molecule has 3 rings (SSSR count). The topological polar surface area (TPSA) is 72.2 Å². The van der Waals surface area contributed by atoms with Gasteiger partial charge in [-0.2, -0.15) is 4.98 Å². The summed E-state index contributed by atoms with van der Waals surface area (Å²) in [6.07, 6.45) is 1.65. The first-order valence-electron chi connectivity index (χ1n) is 8.05. The van der Waals surface area contributed by atoms with Crippen LogP contribution in [-0.4, -0.2) is 25.5 Å². The molecule has 1 amide bonds. The number of aromatic nitrogens is 4. The molecule has 0 fully saturated rings. The summed E-state index contributed by atoms with van der Waals surface area (Å²) in [4.78, 5) is 20.7. The number of carbonyl (C=O) groups excluding carboxylic acids is 1. The average molecular weight is 323 g/mol. The summed E-state index contributed by atoms with van der Waals surface area (Å²) < 4.78 is 1.57. The van der Waals surface area contributed by atoms with Crippen LogP contribution in [0.1, 0.15) is 60.2 Å². The van der Waals surface area contributed by atoms with Gasteiger partial charge in [0.05, 0.1) is 6.04 Å². The smallest absolute Gasteiger partial charge is 0.291 e. The molecule has 0 saturated heterocycles. The van der Waals surface area contributed by atoms with Gasteiger partial charge >= 0.3 is 0 Å². The lowest BCUT2D eigenvalue weighted by atomic mass is 9.99. The van der Waals surface area contributed by atoms with Crippen LogP contribution in [0.25, 0.3) is 5.78 Å².